The van der Waals surface area contributed by atoms with Crippen molar-refractivity contribution in [3.8, 4) is 0 Å². The highest BCUT2D eigenvalue weighted by molar-refractivity contribution is 5.04. The molecule has 0 radical (unpaired) electrons. The molecule has 0 fully saturated rings. The summed E-state index contributed by atoms with van der Waals surface area (Å²) < 4.78 is 10.7. The van der Waals surface area contributed by atoms with Crippen LogP contribution in [0.25, 0.3) is 0 Å². The molecular formula is C12H23N3O2. The highest BCUT2D eigenvalue weighted by atomic mass is 16.5. The van der Waals surface area contributed by atoms with Crippen LogP contribution in [-0.2, 0) is 15.9 Å². The molecule has 0 saturated heterocycles. The Hall–Kier alpha value is -0.940. The fourth-order valence-corrected chi connectivity index (χ4v) is 1.69. The number of aromatic nitrogens is 2. The lowest BCUT2D eigenvalue weighted by Crippen LogP contribution is -2.33. The van der Waals surface area contributed by atoms with E-state index in [1.807, 2.05) is 20.8 Å². The molecule has 98 valence electrons. The molecule has 1 rings (SSSR count). The maximum Gasteiger partial charge on any atom is 0.246 e. The lowest BCUT2D eigenvalue weighted by Gasteiger charge is -2.22. The third-order valence-electron chi connectivity index (χ3n) is 3.28. The molecule has 17 heavy (non-hydrogen) atoms. The SMILES string of the molecule is CCCC(C)(N)c1nc(C(C)(CC)OC)no1. The van der Waals surface area contributed by atoms with Crippen LogP contribution in [0.2, 0.25) is 0 Å². The largest absolute Gasteiger partial charge is 0.370 e. The van der Waals surface area contributed by atoms with E-state index in [1.54, 1.807) is 7.11 Å². The summed E-state index contributed by atoms with van der Waals surface area (Å²) >= 11 is 0. The monoisotopic (exact) mass is 241 g/mol. The molecule has 5 heteroatoms. The van der Waals surface area contributed by atoms with E-state index in [9.17, 15) is 0 Å². The molecule has 0 aromatic carbocycles. The zero-order valence-electron chi connectivity index (χ0n) is 11.4. The van der Waals surface area contributed by atoms with Crippen molar-refractivity contribution in [2.45, 2.75) is 58.1 Å². The van der Waals surface area contributed by atoms with Gasteiger partial charge < -0.3 is 15.0 Å². The summed E-state index contributed by atoms with van der Waals surface area (Å²) in [6, 6.07) is 0. The molecule has 0 aliphatic rings. The van der Waals surface area contributed by atoms with E-state index in [0.29, 0.717) is 11.7 Å². The molecule has 2 unspecified atom stereocenters. The summed E-state index contributed by atoms with van der Waals surface area (Å²) in [6.45, 7) is 7.94. The topological polar surface area (TPSA) is 74.2 Å². The van der Waals surface area contributed by atoms with E-state index in [1.165, 1.54) is 0 Å². The Balaban J connectivity index is 2.99. The first-order valence-corrected chi connectivity index (χ1v) is 6.08. The molecule has 1 aromatic rings. The van der Waals surface area contributed by atoms with Crippen LogP contribution in [-0.4, -0.2) is 17.3 Å². The number of ether oxygens (including phenoxy) is 1. The Kier molecular flexibility index (Phi) is 4.27. The van der Waals surface area contributed by atoms with Gasteiger partial charge in [0.05, 0.1) is 5.54 Å². The van der Waals surface area contributed by atoms with Gasteiger partial charge in [-0.2, -0.15) is 4.98 Å². The van der Waals surface area contributed by atoms with Crippen LogP contribution in [0.1, 0.15) is 58.7 Å². The maximum absolute atomic E-state index is 6.15. The van der Waals surface area contributed by atoms with Crippen LogP contribution in [0.3, 0.4) is 0 Å². The van der Waals surface area contributed by atoms with Gasteiger partial charge in [0.15, 0.2) is 0 Å². The second kappa shape index (κ2) is 5.14. The molecule has 2 atom stereocenters. The quantitative estimate of drug-likeness (QED) is 0.827. The smallest absolute Gasteiger partial charge is 0.246 e. The van der Waals surface area contributed by atoms with Crippen molar-refractivity contribution in [2.24, 2.45) is 5.73 Å². The number of methoxy groups -OCH3 is 1. The van der Waals surface area contributed by atoms with Crippen LogP contribution in [0.15, 0.2) is 4.52 Å². The molecule has 0 aliphatic carbocycles. The first kappa shape index (κ1) is 14.1. The fourth-order valence-electron chi connectivity index (χ4n) is 1.69. The van der Waals surface area contributed by atoms with Gasteiger partial charge in [-0.15, -0.1) is 0 Å². The molecule has 0 aliphatic heterocycles. The van der Waals surface area contributed by atoms with Crippen LogP contribution < -0.4 is 5.73 Å². The zero-order valence-corrected chi connectivity index (χ0v) is 11.4. The van der Waals surface area contributed by atoms with Crippen molar-refractivity contribution in [1.82, 2.24) is 10.1 Å². The van der Waals surface area contributed by atoms with Crippen LogP contribution >= 0.6 is 0 Å². The summed E-state index contributed by atoms with van der Waals surface area (Å²) in [7, 11) is 1.65. The van der Waals surface area contributed by atoms with Gasteiger partial charge in [-0.25, -0.2) is 0 Å². The van der Waals surface area contributed by atoms with Gasteiger partial charge in [0.25, 0.3) is 0 Å². The first-order valence-electron chi connectivity index (χ1n) is 6.08. The van der Waals surface area contributed by atoms with E-state index in [0.717, 1.165) is 19.3 Å². The van der Waals surface area contributed by atoms with Crippen molar-refractivity contribution in [1.29, 1.82) is 0 Å². The van der Waals surface area contributed by atoms with Gasteiger partial charge in [-0.1, -0.05) is 25.4 Å². The van der Waals surface area contributed by atoms with Crippen LogP contribution in [0, 0.1) is 0 Å². The fraction of sp³-hybridized carbons (Fsp3) is 0.833. The molecule has 1 aromatic heterocycles. The minimum absolute atomic E-state index is 0.478. The highest BCUT2D eigenvalue weighted by Gasteiger charge is 2.34. The summed E-state index contributed by atoms with van der Waals surface area (Å²) in [5.74, 6) is 1.04. The molecule has 1 heterocycles. The third-order valence-corrected chi connectivity index (χ3v) is 3.28. The Bertz CT molecular complexity index is 356. The average Bonchev–Trinajstić information content (AvgIpc) is 2.78. The summed E-state index contributed by atoms with van der Waals surface area (Å²) in [6.07, 6.45) is 2.56. The van der Waals surface area contributed by atoms with Gasteiger partial charge in [0.2, 0.25) is 11.7 Å². The molecule has 0 saturated carbocycles. The predicted molar refractivity (Wildman–Crippen MR) is 65.4 cm³/mol. The zero-order chi connectivity index (χ0) is 13.1. The van der Waals surface area contributed by atoms with E-state index >= 15 is 0 Å². The van der Waals surface area contributed by atoms with E-state index < -0.39 is 11.1 Å². The second-order valence-corrected chi connectivity index (χ2v) is 4.88. The molecular weight excluding hydrogens is 218 g/mol. The molecule has 2 N–H and O–H groups in total. The second-order valence-electron chi connectivity index (χ2n) is 4.88. The Labute approximate surface area is 103 Å². The predicted octanol–water partition coefficient (Wildman–Crippen LogP) is 2.32. The van der Waals surface area contributed by atoms with Gasteiger partial charge in [-0.05, 0) is 26.7 Å². The molecule has 0 amide bonds. The van der Waals surface area contributed by atoms with E-state index in [-0.39, 0.29) is 0 Å². The van der Waals surface area contributed by atoms with Crippen molar-refractivity contribution >= 4 is 0 Å². The van der Waals surface area contributed by atoms with Crippen LogP contribution in [0.5, 0.6) is 0 Å². The van der Waals surface area contributed by atoms with Gasteiger partial charge in [0, 0.05) is 7.11 Å². The van der Waals surface area contributed by atoms with Crippen LogP contribution in [0.4, 0.5) is 0 Å². The normalized spacial score (nSPS) is 18.7. The maximum atomic E-state index is 6.15. The Morgan fingerprint density at radius 1 is 1.35 bits per heavy atom. The summed E-state index contributed by atoms with van der Waals surface area (Å²) in [5.41, 5.74) is 5.07. The van der Waals surface area contributed by atoms with Crippen molar-refractivity contribution in [2.75, 3.05) is 7.11 Å². The Morgan fingerprint density at radius 3 is 2.47 bits per heavy atom. The Morgan fingerprint density at radius 2 is 2.00 bits per heavy atom. The van der Waals surface area contributed by atoms with Gasteiger partial charge in [-0.3, -0.25) is 0 Å². The lowest BCUT2D eigenvalue weighted by molar-refractivity contribution is -0.0106. The van der Waals surface area contributed by atoms with Crippen molar-refractivity contribution in [3.05, 3.63) is 11.7 Å². The van der Waals surface area contributed by atoms with Gasteiger partial charge in [0.1, 0.15) is 5.60 Å². The minimum atomic E-state index is -0.567. The number of hydrogen-bond donors (Lipinski definition) is 1. The third kappa shape index (κ3) is 2.84. The molecule has 5 nitrogen and oxygen atoms in total. The minimum Gasteiger partial charge on any atom is -0.370 e. The number of rotatable bonds is 6. The van der Waals surface area contributed by atoms with Crippen molar-refractivity contribution in [3.63, 3.8) is 0 Å². The van der Waals surface area contributed by atoms with Crippen molar-refractivity contribution < 1.29 is 9.26 Å². The highest BCUT2D eigenvalue weighted by Crippen LogP contribution is 2.28. The summed E-state index contributed by atoms with van der Waals surface area (Å²) in [4.78, 5) is 4.39. The number of hydrogen-bond acceptors (Lipinski definition) is 5. The first-order chi connectivity index (χ1) is 7.89. The summed E-state index contributed by atoms with van der Waals surface area (Å²) in [5, 5.41) is 3.99. The van der Waals surface area contributed by atoms with Gasteiger partial charge >= 0.3 is 0 Å². The molecule has 0 spiro atoms. The van der Waals surface area contributed by atoms with E-state index in [2.05, 4.69) is 17.1 Å². The number of nitrogens with two attached hydrogens (primary N) is 1. The molecule has 0 bridgehead atoms. The standard InChI is InChI=1S/C12H23N3O2/c1-6-8-11(3,13)10-14-9(15-17-10)12(4,7-2)16-5/h6-8,13H2,1-5H3. The van der Waals surface area contributed by atoms with E-state index in [4.69, 9.17) is 15.0 Å². The number of nitrogens with zero attached hydrogens (tertiary/aromatic N) is 2. The lowest BCUT2D eigenvalue weighted by atomic mass is 9.97. The average molecular weight is 241 g/mol.